The van der Waals surface area contributed by atoms with Gasteiger partial charge in [0, 0.05) is 43.9 Å². The zero-order valence-corrected chi connectivity index (χ0v) is 16.3. The summed E-state index contributed by atoms with van der Waals surface area (Å²) >= 11 is 6.48. The van der Waals surface area contributed by atoms with Crippen molar-refractivity contribution >= 4 is 17.3 Å². The molecule has 2 heterocycles. The van der Waals surface area contributed by atoms with E-state index in [-0.39, 0.29) is 5.60 Å². The molecule has 2 aromatic carbocycles. The molecule has 2 aromatic rings. The summed E-state index contributed by atoms with van der Waals surface area (Å²) in [7, 11) is 0. The van der Waals surface area contributed by atoms with Crippen LogP contribution in [0.5, 0.6) is 0 Å². The Kier molecular flexibility index (Phi) is 4.45. The van der Waals surface area contributed by atoms with Crippen LogP contribution in [0.1, 0.15) is 54.7 Å². The standard InChI is InChI=1S/C23H25ClN2O/c24-21-9-8-19(17-6-7-17)14-20(21)16-26-12-10-23(11-13-26)15-22(25-27-23)18-4-2-1-3-5-18/h1-5,8-9,14,17H,6-7,10-13,15-16H2. The van der Waals surface area contributed by atoms with Gasteiger partial charge in [-0.3, -0.25) is 4.90 Å². The van der Waals surface area contributed by atoms with Gasteiger partial charge in [0.15, 0.2) is 0 Å². The molecule has 140 valence electrons. The maximum Gasteiger partial charge on any atom is 0.145 e. The van der Waals surface area contributed by atoms with Gasteiger partial charge >= 0.3 is 0 Å². The third-order valence-corrected chi connectivity index (χ3v) is 6.59. The summed E-state index contributed by atoms with van der Waals surface area (Å²) in [5.74, 6) is 0.770. The van der Waals surface area contributed by atoms with Crippen LogP contribution >= 0.6 is 11.6 Å². The minimum atomic E-state index is -0.110. The van der Waals surface area contributed by atoms with E-state index in [1.54, 1.807) is 0 Å². The average Bonchev–Trinajstić information content (AvgIpc) is 3.48. The van der Waals surface area contributed by atoms with Gasteiger partial charge in [-0.2, -0.15) is 0 Å². The summed E-state index contributed by atoms with van der Waals surface area (Å²) in [6.45, 7) is 2.99. The predicted molar refractivity (Wildman–Crippen MR) is 109 cm³/mol. The largest absolute Gasteiger partial charge is 0.388 e. The molecule has 1 spiro atoms. The molecule has 1 saturated heterocycles. The number of hydrogen-bond donors (Lipinski definition) is 0. The minimum absolute atomic E-state index is 0.110. The first-order valence-corrected chi connectivity index (χ1v) is 10.4. The lowest BCUT2D eigenvalue weighted by molar-refractivity contribution is -0.0626. The van der Waals surface area contributed by atoms with Crippen LogP contribution in [-0.4, -0.2) is 29.3 Å². The minimum Gasteiger partial charge on any atom is -0.388 e. The van der Waals surface area contributed by atoms with Crippen LogP contribution in [0.3, 0.4) is 0 Å². The van der Waals surface area contributed by atoms with E-state index in [0.29, 0.717) is 0 Å². The van der Waals surface area contributed by atoms with E-state index in [1.807, 2.05) is 6.07 Å². The summed E-state index contributed by atoms with van der Waals surface area (Å²) < 4.78 is 0. The average molecular weight is 381 g/mol. The number of rotatable bonds is 4. The molecule has 1 saturated carbocycles. The van der Waals surface area contributed by atoms with E-state index in [2.05, 4.69) is 52.5 Å². The van der Waals surface area contributed by atoms with Crippen LogP contribution in [-0.2, 0) is 11.4 Å². The summed E-state index contributed by atoms with van der Waals surface area (Å²) in [5, 5.41) is 5.32. The Morgan fingerprint density at radius 3 is 2.59 bits per heavy atom. The zero-order chi connectivity index (χ0) is 18.3. The van der Waals surface area contributed by atoms with Crippen LogP contribution < -0.4 is 0 Å². The van der Waals surface area contributed by atoms with Gasteiger partial charge in [0.2, 0.25) is 0 Å². The topological polar surface area (TPSA) is 24.8 Å². The molecular weight excluding hydrogens is 356 g/mol. The molecule has 0 amide bonds. The summed E-state index contributed by atoms with van der Waals surface area (Å²) in [5.41, 5.74) is 4.89. The summed E-state index contributed by atoms with van der Waals surface area (Å²) in [6.07, 6.45) is 5.62. The molecule has 0 aromatic heterocycles. The summed E-state index contributed by atoms with van der Waals surface area (Å²) in [4.78, 5) is 8.47. The highest BCUT2D eigenvalue weighted by Crippen LogP contribution is 2.41. The second-order valence-corrected chi connectivity index (χ2v) is 8.66. The quantitative estimate of drug-likeness (QED) is 0.711. The normalized spacial score (nSPS) is 21.9. The van der Waals surface area contributed by atoms with Crippen molar-refractivity contribution < 1.29 is 4.84 Å². The number of halogens is 1. The maximum absolute atomic E-state index is 6.48. The number of likely N-dealkylation sites (tertiary alicyclic amines) is 1. The fourth-order valence-corrected chi connectivity index (χ4v) is 4.50. The van der Waals surface area contributed by atoms with Gasteiger partial charge in [-0.15, -0.1) is 0 Å². The molecule has 0 atom stereocenters. The number of piperidine rings is 1. The highest BCUT2D eigenvalue weighted by Gasteiger charge is 2.42. The zero-order valence-electron chi connectivity index (χ0n) is 15.5. The highest BCUT2D eigenvalue weighted by atomic mass is 35.5. The second kappa shape index (κ2) is 6.96. The van der Waals surface area contributed by atoms with Gasteiger partial charge in [0.25, 0.3) is 0 Å². The Balaban J connectivity index is 1.21. The third kappa shape index (κ3) is 3.63. The van der Waals surface area contributed by atoms with Crippen LogP contribution in [0, 0.1) is 0 Å². The van der Waals surface area contributed by atoms with Crippen molar-refractivity contribution in [1.82, 2.24) is 4.90 Å². The van der Waals surface area contributed by atoms with E-state index in [1.165, 1.54) is 29.5 Å². The molecule has 4 heteroatoms. The first-order valence-electron chi connectivity index (χ1n) is 10.0. The van der Waals surface area contributed by atoms with E-state index in [9.17, 15) is 0 Å². The van der Waals surface area contributed by atoms with Crippen molar-refractivity contribution in [3.05, 3.63) is 70.2 Å². The molecule has 1 aliphatic carbocycles. The van der Waals surface area contributed by atoms with Crippen LogP contribution in [0.2, 0.25) is 5.02 Å². The van der Waals surface area contributed by atoms with Crippen molar-refractivity contribution in [1.29, 1.82) is 0 Å². The van der Waals surface area contributed by atoms with Crippen molar-refractivity contribution in [3.63, 3.8) is 0 Å². The lowest BCUT2D eigenvalue weighted by Crippen LogP contribution is -2.44. The van der Waals surface area contributed by atoms with Crippen LogP contribution in [0.4, 0.5) is 0 Å². The van der Waals surface area contributed by atoms with Crippen molar-refractivity contribution in [3.8, 4) is 0 Å². The molecular formula is C23H25ClN2O. The molecule has 5 rings (SSSR count). The lowest BCUT2D eigenvalue weighted by Gasteiger charge is -2.37. The van der Waals surface area contributed by atoms with E-state index < -0.39 is 0 Å². The van der Waals surface area contributed by atoms with E-state index in [4.69, 9.17) is 16.4 Å². The second-order valence-electron chi connectivity index (χ2n) is 8.26. The van der Waals surface area contributed by atoms with E-state index >= 15 is 0 Å². The molecule has 0 bridgehead atoms. The monoisotopic (exact) mass is 380 g/mol. The van der Waals surface area contributed by atoms with Gasteiger partial charge in [0.05, 0.1) is 5.71 Å². The Labute approximate surface area is 166 Å². The SMILES string of the molecule is Clc1ccc(C2CC2)cc1CN1CCC2(CC1)CC(c1ccccc1)=NO2. The Hall–Kier alpha value is -1.84. The number of benzene rings is 2. The molecule has 0 unspecified atom stereocenters. The number of hydrogen-bond acceptors (Lipinski definition) is 3. The number of oxime groups is 1. The van der Waals surface area contributed by atoms with Gasteiger partial charge in [-0.1, -0.05) is 59.2 Å². The third-order valence-electron chi connectivity index (χ3n) is 6.23. The van der Waals surface area contributed by atoms with Gasteiger partial charge in [-0.25, -0.2) is 0 Å². The first kappa shape index (κ1) is 17.3. The van der Waals surface area contributed by atoms with Crippen LogP contribution in [0.25, 0.3) is 0 Å². The van der Waals surface area contributed by atoms with Gasteiger partial charge in [-0.05, 0) is 41.5 Å². The highest BCUT2D eigenvalue weighted by molar-refractivity contribution is 6.31. The van der Waals surface area contributed by atoms with Gasteiger partial charge in [0.1, 0.15) is 5.60 Å². The fourth-order valence-electron chi connectivity index (χ4n) is 4.32. The molecule has 2 aliphatic heterocycles. The predicted octanol–water partition coefficient (Wildman–Crippen LogP) is 5.38. The van der Waals surface area contributed by atoms with Gasteiger partial charge < -0.3 is 4.84 Å². The number of nitrogens with zero attached hydrogens (tertiary/aromatic N) is 2. The summed E-state index contributed by atoms with van der Waals surface area (Å²) in [6, 6.07) is 17.0. The molecule has 27 heavy (non-hydrogen) atoms. The van der Waals surface area contributed by atoms with Crippen molar-refractivity contribution in [2.45, 2.75) is 50.2 Å². The Morgan fingerprint density at radius 1 is 1.07 bits per heavy atom. The molecule has 3 nitrogen and oxygen atoms in total. The van der Waals surface area contributed by atoms with E-state index in [0.717, 1.165) is 55.5 Å². The molecule has 3 aliphatic rings. The molecule has 0 radical (unpaired) electrons. The van der Waals surface area contributed by atoms with Crippen molar-refractivity contribution in [2.75, 3.05) is 13.1 Å². The smallest absolute Gasteiger partial charge is 0.145 e. The maximum atomic E-state index is 6.48. The van der Waals surface area contributed by atoms with Crippen molar-refractivity contribution in [2.24, 2.45) is 5.16 Å². The first-order chi connectivity index (χ1) is 13.2. The molecule has 2 fully saturated rings. The Bertz CT molecular complexity index is 852. The Morgan fingerprint density at radius 2 is 1.85 bits per heavy atom. The fraction of sp³-hybridized carbons (Fsp3) is 0.435. The lowest BCUT2D eigenvalue weighted by atomic mass is 9.85. The molecule has 0 N–H and O–H groups in total. The van der Waals surface area contributed by atoms with Crippen LogP contribution in [0.15, 0.2) is 53.7 Å².